The van der Waals surface area contributed by atoms with Crippen molar-refractivity contribution >= 4 is 11.8 Å². The molecule has 1 saturated carbocycles. The van der Waals surface area contributed by atoms with Gasteiger partial charge in [0.15, 0.2) is 0 Å². The number of halogens is 3. The van der Waals surface area contributed by atoms with Gasteiger partial charge in [-0.15, -0.1) is 0 Å². The maximum Gasteiger partial charge on any atom is 0.441 e. The molecule has 0 aliphatic heterocycles. The van der Waals surface area contributed by atoms with E-state index in [0.29, 0.717) is 6.54 Å². The lowest BCUT2D eigenvalue weighted by molar-refractivity contribution is -0.0327. The van der Waals surface area contributed by atoms with E-state index in [1.54, 1.807) is 0 Å². The lowest BCUT2D eigenvalue weighted by atomic mass is 10.3. The molecule has 0 aromatic heterocycles. The first-order valence-corrected chi connectivity index (χ1v) is 5.03. The minimum Gasteiger partial charge on any atom is -0.394 e. The lowest BCUT2D eigenvalue weighted by Crippen LogP contribution is -2.36. The molecule has 78 valence electrons. The van der Waals surface area contributed by atoms with Crippen molar-refractivity contribution in [3.63, 3.8) is 0 Å². The molecule has 1 aliphatic rings. The van der Waals surface area contributed by atoms with E-state index < -0.39 is 5.51 Å². The molecule has 0 aromatic rings. The molecule has 2 N–H and O–H groups in total. The summed E-state index contributed by atoms with van der Waals surface area (Å²) >= 11 is -0.0316. The molecule has 0 unspecified atom stereocenters. The van der Waals surface area contributed by atoms with Crippen LogP contribution in [0.25, 0.3) is 0 Å². The van der Waals surface area contributed by atoms with Crippen molar-refractivity contribution in [2.24, 2.45) is 0 Å². The highest BCUT2D eigenvalue weighted by Crippen LogP contribution is 2.35. The average molecular weight is 215 g/mol. The second-order valence-corrected chi connectivity index (χ2v) is 4.32. The van der Waals surface area contributed by atoms with Crippen molar-refractivity contribution in [3.8, 4) is 0 Å². The predicted molar refractivity (Wildman–Crippen MR) is 45.6 cm³/mol. The standard InChI is InChI=1S/C7H12F3NOS/c8-7(9,10)13-4-3-11-6(5-12)1-2-6/h11-12H,1-5H2. The van der Waals surface area contributed by atoms with Gasteiger partial charge < -0.3 is 10.4 Å². The average Bonchev–Trinajstić information content (AvgIpc) is 2.78. The lowest BCUT2D eigenvalue weighted by Gasteiger charge is -2.13. The first-order chi connectivity index (χ1) is 5.97. The van der Waals surface area contributed by atoms with Gasteiger partial charge in [-0.05, 0) is 24.6 Å². The molecule has 1 aliphatic carbocycles. The van der Waals surface area contributed by atoms with Crippen LogP contribution in [-0.2, 0) is 0 Å². The minimum absolute atomic E-state index is 0.00521. The third kappa shape index (κ3) is 4.19. The zero-order valence-corrected chi connectivity index (χ0v) is 7.84. The number of aliphatic hydroxyl groups is 1. The Morgan fingerprint density at radius 1 is 1.38 bits per heavy atom. The number of rotatable bonds is 5. The normalized spacial score (nSPS) is 20.3. The summed E-state index contributed by atoms with van der Waals surface area (Å²) in [5.74, 6) is 0.00521. The van der Waals surface area contributed by atoms with Crippen LogP contribution in [0.1, 0.15) is 12.8 Å². The Kier molecular flexibility index (Phi) is 3.48. The predicted octanol–water partition coefficient (Wildman–Crippen LogP) is 1.35. The van der Waals surface area contributed by atoms with Crippen LogP contribution in [0.2, 0.25) is 0 Å². The van der Waals surface area contributed by atoms with Crippen molar-refractivity contribution in [1.29, 1.82) is 0 Å². The van der Waals surface area contributed by atoms with E-state index in [0.717, 1.165) is 12.8 Å². The summed E-state index contributed by atoms with van der Waals surface area (Å²) in [6.07, 6.45) is 1.72. The molecule has 0 amide bonds. The monoisotopic (exact) mass is 215 g/mol. The SMILES string of the molecule is OCC1(NCCSC(F)(F)F)CC1. The zero-order chi connectivity index (χ0) is 9.95. The number of nitrogens with one attached hydrogen (secondary N) is 1. The summed E-state index contributed by atoms with van der Waals surface area (Å²) in [5, 5.41) is 11.7. The van der Waals surface area contributed by atoms with E-state index in [-0.39, 0.29) is 29.7 Å². The van der Waals surface area contributed by atoms with Crippen molar-refractivity contribution in [1.82, 2.24) is 5.32 Å². The fourth-order valence-electron chi connectivity index (χ4n) is 1.02. The number of thioether (sulfide) groups is 1. The van der Waals surface area contributed by atoms with Gasteiger partial charge in [0.1, 0.15) is 0 Å². The molecule has 0 atom stereocenters. The molecule has 2 nitrogen and oxygen atoms in total. The minimum atomic E-state index is -4.14. The molecule has 0 radical (unpaired) electrons. The number of alkyl halides is 3. The Morgan fingerprint density at radius 2 is 2.00 bits per heavy atom. The fourth-order valence-corrected chi connectivity index (χ4v) is 1.46. The molecule has 1 fully saturated rings. The number of hydrogen-bond acceptors (Lipinski definition) is 3. The van der Waals surface area contributed by atoms with Gasteiger partial charge in [0.2, 0.25) is 0 Å². The fraction of sp³-hybridized carbons (Fsp3) is 1.00. The summed E-state index contributed by atoms with van der Waals surface area (Å²) < 4.78 is 35.0. The van der Waals surface area contributed by atoms with E-state index in [4.69, 9.17) is 5.11 Å². The quantitative estimate of drug-likeness (QED) is 0.679. The third-order valence-corrected chi connectivity index (χ3v) is 2.76. The maximum atomic E-state index is 11.7. The summed E-state index contributed by atoms with van der Waals surface area (Å²) in [6.45, 7) is 0.314. The van der Waals surface area contributed by atoms with Crippen molar-refractivity contribution in [3.05, 3.63) is 0 Å². The largest absolute Gasteiger partial charge is 0.441 e. The Bertz CT molecular complexity index is 170. The van der Waals surface area contributed by atoms with Crippen LogP contribution in [0.3, 0.4) is 0 Å². The molecule has 0 bridgehead atoms. The van der Waals surface area contributed by atoms with Crippen LogP contribution in [-0.4, -0.2) is 35.1 Å². The van der Waals surface area contributed by atoms with Gasteiger partial charge in [-0.2, -0.15) is 13.2 Å². The Morgan fingerprint density at radius 3 is 2.38 bits per heavy atom. The van der Waals surface area contributed by atoms with Crippen LogP contribution in [0.4, 0.5) is 13.2 Å². The van der Waals surface area contributed by atoms with Crippen molar-refractivity contribution in [2.45, 2.75) is 23.9 Å². The molecule has 13 heavy (non-hydrogen) atoms. The van der Waals surface area contributed by atoms with Gasteiger partial charge in [-0.1, -0.05) is 0 Å². The number of hydrogen-bond donors (Lipinski definition) is 2. The van der Waals surface area contributed by atoms with Gasteiger partial charge in [0.25, 0.3) is 0 Å². The van der Waals surface area contributed by atoms with Crippen LogP contribution in [0.15, 0.2) is 0 Å². The van der Waals surface area contributed by atoms with E-state index >= 15 is 0 Å². The molecule has 1 rings (SSSR count). The molecular formula is C7H12F3NOS. The third-order valence-electron chi connectivity index (χ3n) is 2.02. The van der Waals surface area contributed by atoms with E-state index in [1.165, 1.54) is 0 Å². The second-order valence-electron chi connectivity index (χ2n) is 3.16. The summed E-state index contributed by atoms with van der Waals surface area (Å²) in [5.41, 5.74) is -4.40. The van der Waals surface area contributed by atoms with E-state index in [9.17, 15) is 13.2 Å². The van der Waals surface area contributed by atoms with Crippen molar-refractivity contribution < 1.29 is 18.3 Å². The topological polar surface area (TPSA) is 32.3 Å². The highest BCUT2D eigenvalue weighted by molar-refractivity contribution is 8.00. The summed E-state index contributed by atoms with van der Waals surface area (Å²) in [4.78, 5) is 0. The Balaban J connectivity index is 2.02. The van der Waals surface area contributed by atoms with Crippen molar-refractivity contribution in [2.75, 3.05) is 18.9 Å². The zero-order valence-electron chi connectivity index (χ0n) is 7.02. The number of aliphatic hydroxyl groups excluding tert-OH is 1. The summed E-state index contributed by atoms with van der Waals surface area (Å²) in [7, 11) is 0. The highest BCUT2D eigenvalue weighted by atomic mass is 32.2. The second kappa shape index (κ2) is 4.06. The highest BCUT2D eigenvalue weighted by Gasteiger charge is 2.41. The maximum absolute atomic E-state index is 11.7. The van der Waals surface area contributed by atoms with Gasteiger partial charge in [0, 0.05) is 17.8 Å². The Hall–Kier alpha value is 0.0600. The molecule has 0 saturated heterocycles. The Labute approximate surface area is 78.9 Å². The van der Waals surface area contributed by atoms with Crippen LogP contribution in [0.5, 0.6) is 0 Å². The molecule has 0 heterocycles. The molecule has 0 spiro atoms. The summed E-state index contributed by atoms with van der Waals surface area (Å²) in [6, 6.07) is 0. The van der Waals surface area contributed by atoms with Crippen LogP contribution in [0, 0.1) is 0 Å². The van der Waals surface area contributed by atoms with Gasteiger partial charge in [-0.25, -0.2) is 0 Å². The molecular weight excluding hydrogens is 203 g/mol. The molecule has 6 heteroatoms. The van der Waals surface area contributed by atoms with Crippen LogP contribution < -0.4 is 5.32 Å². The molecule has 0 aromatic carbocycles. The van der Waals surface area contributed by atoms with Gasteiger partial charge in [0.05, 0.1) is 6.61 Å². The van der Waals surface area contributed by atoms with Gasteiger partial charge in [-0.3, -0.25) is 0 Å². The smallest absolute Gasteiger partial charge is 0.394 e. The first kappa shape index (κ1) is 11.1. The van der Waals surface area contributed by atoms with Gasteiger partial charge >= 0.3 is 5.51 Å². The van der Waals surface area contributed by atoms with Crippen LogP contribution >= 0.6 is 11.8 Å². The van der Waals surface area contributed by atoms with E-state index in [2.05, 4.69) is 5.32 Å². The first-order valence-electron chi connectivity index (χ1n) is 4.04. The van der Waals surface area contributed by atoms with E-state index in [1.807, 2.05) is 0 Å².